The Morgan fingerprint density at radius 3 is 2.50 bits per heavy atom. The van der Waals surface area contributed by atoms with Crippen LogP contribution in [0.1, 0.15) is 56.3 Å². The molecule has 1 fully saturated rings. The molecule has 0 aromatic heterocycles. The maximum absolute atomic E-state index is 13.9. The van der Waals surface area contributed by atoms with Gasteiger partial charge in [-0.2, -0.15) is 4.31 Å². The lowest BCUT2D eigenvalue weighted by molar-refractivity contribution is -0.116. The van der Waals surface area contributed by atoms with Gasteiger partial charge in [-0.05, 0) is 81.2 Å². The summed E-state index contributed by atoms with van der Waals surface area (Å²) in [5, 5.41) is 2.96. The Hall–Kier alpha value is -3.37. The minimum atomic E-state index is -3.89. The van der Waals surface area contributed by atoms with E-state index in [9.17, 15) is 18.0 Å². The highest BCUT2D eigenvalue weighted by Crippen LogP contribution is 2.61. The Morgan fingerprint density at radius 1 is 1.13 bits per heavy atom. The fourth-order valence-corrected chi connectivity index (χ4v) is 7.97. The molecular formula is C28H30N2O7S. The molecule has 38 heavy (non-hydrogen) atoms. The van der Waals surface area contributed by atoms with Gasteiger partial charge in [-0.3, -0.25) is 4.79 Å². The van der Waals surface area contributed by atoms with Crippen LogP contribution in [-0.2, 0) is 25.0 Å². The number of hydrogen-bond donors (Lipinski definition) is 1. The van der Waals surface area contributed by atoms with E-state index in [0.717, 1.165) is 16.7 Å². The number of rotatable bonds is 3. The van der Waals surface area contributed by atoms with Crippen molar-refractivity contribution in [2.45, 2.75) is 68.5 Å². The molecule has 200 valence electrons. The molecule has 1 saturated heterocycles. The maximum atomic E-state index is 13.9. The van der Waals surface area contributed by atoms with E-state index in [2.05, 4.69) is 5.32 Å². The third-order valence-electron chi connectivity index (χ3n) is 7.81. The fourth-order valence-electron chi connectivity index (χ4n) is 6.29. The number of alkyl carbamates (subject to hydrolysis) is 1. The molecule has 4 aliphatic rings. The molecule has 2 aromatic carbocycles. The van der Waals surface area contributed by atoms with Crippen LogP contribution < -0.4 is 14.8 Å². The highest BCUT2D eigenvalue weighted by atomic mass is 32.2. The Bertz CT molecular complexity index is 1490. The number of aryl methyl sites for hydroxylation is 1. The lowest BCUT2D eigenvalue weighted by Gasteiger charge is -2.40. The first kappa shape index (κ1) is 24.9. The van der Waals surface area contributed by atoms with Crippen molar-refractivity contribution < 1.29 is 32.2 Å². The van der Waals surface area contributed by atoms with E-state index in [1.807, 2.05) is 19.1 Å². The van der Waals surface area contributed by atoms with Crippen molar-refractivity contribution in [3.05, 3.63) is 64.7 Å². The van der Waals surface area contributed by atoms with Gasteiger partial charge in [0.25, 0.3) is 0 Å². The van der Waals surface area contributed by atoms with Crippen molar-refractivity contribution in [2.24, 2.45) is 0 Å². The first-order chi connectivity index (χ1) is 17.9. The Morgan fingerprint density at radius 2 is 1.82 bits per heavy atom. The highest BCUT2D eigenvalue weighted by Gasteiger charge is 2.62. The van der Waals surface area contributed by atoms with Gasteiger partial charge in [0.05, 0.1) is 10.9 Å². The number of carbonyl (C=O) groups excluding carboxylic acids is 2. The van der Waals surface area contributed by atoms with Crippen molar-refractivity contribution >= 4 is 21.9 Å². The van der Waals surface area contributed by atoms with Crippen molar-refractivity contribution in [3.63, 3.8) is 0 Å². The van der Waals surface area contributed by atoms with Crippen LogP contribution >= 0.6 is 0 Å². The lowest BCUT2D eigenvalue weighted by atomic mass is 9.67. The topological polar surface area (TPSA) is 111 Å². The average molecular weight is 539 g/mol. The number of nitrogens with one attached hydrogen (secondary N) is 1. The summed E-state index contributed by atoms with van der Waals surface area (Å²) < 4.78 is 46.0. The smallest absolute Gasteiger partial charge is 0.408 e. The summed E-state index contributed by atoms with van der Waals surface area (Å²) in [6.07, 6.45) is 1.46. The third kappa shape index (κ3) is 3.72. The Balaban J connectivity index is 1.48. The van der Waals surface area contributed by atoms with Gasteiger partial charge in [0.15, 0.2) is 17.3 Å². The number of amides is 1. The van der Waals surface area contributed by atoms with Gasteiger partial charge in [0.2, 0.25) is 16.8 Å². The van der Waals surface area contributed by atoms with Crippen molar-refractivity contribution in [3.8, 4) is 11.5 Å². The summed E-state index contributed by atoms with van der Waals surface area (Å²) in [5.74, 6) is 0.918. The minimum absolute atomic E-state index is 0.0433. The molecule has 0 saturated carbocycles. The van der Waals surface area contributed by atoms with Gasteiger partial charge in [0, 0.05) is 24.4 Å². The van der Waals surface area contributed by atoms with Crippen LogP contribution in [0.25, 0.3) is 0 Å². The summed E-state index contributed by atoms with van der Waals surface area (Å²) in [4.78, 5) is 26.2. The van der Waals surface area contributed by atoms with E-state index in [1.165, 1.54) is 4.31 Å². The van der Waals surface area contributed by atoms with E-state index >= 15 is 0 Å². The van der Waals surface area contributed by atoms with Gasteiger partial charge >= 0.3 is 6.09 Å². The van der Waals surface area contributed by atoms with Crippen LogP contribution in [0.15, 0.2) is 52.9 Å². The summed E-state index contributed by atoms with van der Waals surface area (Å²) in [6.45, 7) is 7.54. The number of benzene rings is 2. The number of hydrogen-bond acceptors (Lipinski definition) is 7. The minimum Gasteiger partial charge on any atom is -0.454 e. The van der Waals surface area contributed by atoms with Crippen molar-refractivity contribution in [2.75, 3.05) is 13.3 Å². The molecule has 1 N–H and O–H groups in total. The van der Waals surface area contributed by atoms with Crippen LogP contribution in [0.4, 0.5) is 4.79 Å². The molecule has 1 amide bonds. The van der Waals surface area contributed by atoms with Crippen LogP contribution in [-0.4, -0.2) is 49.6 Å². The summed E-state index contributed by atoms with van der Waals surface area (Å²) in [6, 6.07) is 9.12. The molecule has 2 heterocycles. The molecule has 0 radical (unpaired) electrons. The number of ketones is 1. The molecule has 0 unspecified atom stereocenters. The largest absolute Gasteiger partial charge is 0.454 e. The molecule has 1 spiro atoms. The highest BCUT2D eigenvalue weighted by molar-refractivity contribution is 7.89. The van der Waals surface area contributed by atoms with Crippen molar-refractivity contribution in [1.29, 1.82) is 0 Å². The van der Waals surface area contributed by atoms with Crippen LogP contribution in [0.2, 0.25) is 0 Å². The number of fused-ring (bicyclic) bond motifs is 2. The van der Waals surface area contributed by atoms with Gasteiger partial charge in [-0.1, -0.05) is 17.7 Å². The monoisotopic (exact) mass is 538 g/mol. The Kier molecular flexibility index (Phi) is 5.46. The molecule has 10 heteroatoms. The second kappa shape index (κ2) is 8.31. The van der Waals surface area contributed by atoms with E-state index in [1.54, 1.807) is 51.1 Å². The molecule has 9 nitrogen and oxygen atoms in total. The molecule has 3 atom stereocenters. The third-order valence-corrected chi connectivity index (χ3v) is 9.73. The van der Waals surface area contributed by atoms with Gasteiger partial charge in [-0.25, -0.2) is 13.2 Å². The van der Waals surface area contributed by atoms with Crippen LogP contribution in [0, 0.1) is 6.92 Å². The Labute approximate surface area is 221 Å². The maximum Gasteiger partial charge on any atom is 0.408 e. The first-order valence-electron chi connectivity index (χ1n) is 12.7. The molecule has 2 aliphatic heterocycles. The second-order valence-corrected chi connectivity index (χ2v) is 13.2. The molecule has 2 aromatic rings. The summed E-state index contributed by atoms with van der Waals surface area (Å²) in [7, 11) is -3.89. The number of sulfonamides is 1. The van der Waals surface area contributed by atoms with Crippen LogP contribution in [0.5, 0.6) is 11.5 Å². The standard InChI is InChI=1S/C28H30N2O7S/c1-16-5-7-18(8-6-16)38(33,34)30-10-9-28-20-14-23-22(35-15-36-23)13-19(20)25(29-26(32)37-27(2,3)4)21(28)11-17(31)12-24(28)30/h5-8,11,13-14,24-25H,9-10,12,15H2,1-4H3,(H,29,32)/t24-,25+,28-/m0/s1. The molecule has 6 rings (SSSR count). The quantitative estimate of drug-likeness (QED) is 0.631. The van der Waals surface area contributed by atoms with Crippen LogP contribution in [0.3, 0.4) is 0 Å². The van der Waals surface area contributed by atoms with Crippen molar-refractivity contribution in [1.82, 2.24) is 9.62 Å². The zero-order chi connectivity index (χ0) is 27.0. The number of ether oxygens (including phenoxy) is 3. The normalized spacial score (nSPS) is 25.9. The van der Waals surface area contributed by atoms with E-state index in [0.29, 0.717) is 23.5 Å². The predicted molar refractivity (Wildman–Crippen MR) is 138 cm³/mol. The first-order valence-corrected chi connectivity index (χ1v) is 14.1. The number of nitrogens with zero attached hydrogens (tertiary/aromatic N) is 1. The van der Waals surface area contributed by atoms with E-state index in [4.69, 9.17) is 14.2 Å². The molecule has 2 aliphatic carbocycles. The zero-order valence-electron chi connectivity index (χ0n) is 21.7. The predicted octanol–water partition coefficient (Wildman–Crippen LogP) is 3.90. The van der Waals surface area contributed by atoms with E-state index < -0.39 is 39.2 Å². The average Bonchev–Trinajstić information content (AvgIpc) is 3.50. The molecule has 0 bridgehead atoms. The summed E-state index contributed by atoms with van der Waals surface area (Å²) >= 11 is 0. The summed E-state index contributed by atoms with van der Waals surface area (Å²) in [5.41, 5.74) is 1.70. The number of carbonyl (C=O) groups is 2. The molecular weight excluding hydrogens is 508 g/mol. The zero-order valence-corrected chi connectivity index (χ0v) is 22.6. The lowest BCUT2D eigenvalue weighted by Crippen LogP contribution is -2.49. The fraction of sp³-hybridized carbons (Fsp3) is 0.429. The van der Waals surface area contributed by atoms with Gasteiger partial charge in [-0.15, -0.1) is 0 Å². The second-order valence-electron chi connectivity index (χ2n) is 11.3. The SMILES string of the molecule is Cc1ccc(S(=O)(=O)N2CC[C@]34C(=CC(=O)C[C@H]23)[C@H](NC(=O)OC(C)(C)C)c2cc3c(cc24)OCO3)cc1. The van der Waals surface area contributed by atoms with E-state index in [-0.39, 0.29) is 30.4 Å². The number of allylic oxidation sites excluding steroid dienone is 1. The van der Waals surface area contributed by atoms with Gasteiger partial charge in [0.1, 0.15) is 5.60 Å². The van der Waals surface area contributed by atoms with Gasteiger partial charge < -0.3 is 19.5 Å².